The summed E-state index contributed by atoms with van der Waals surface area (Å²) < 4.78 is 0. The summed E-state index contributed by atoms with van der Waals surface area (Å²) in [4.78, 5) is 0. The van der Waals surface area contributed by atoms with Gasteiger partial charge in [0, 0.05) is 5.92 Å². The lowest BCUT2D eigenvalue weighted by atomic mass is 9.72. The van der Waals surface area contributed by atoms with Crippen LogP contribution in [0.25, 0.3) is 0 Å². The van der Waals surface area contributed by atoms with Gasteiger partial charge in [-0.3, -0.25) is 0 Å². The normalized spacial score (nSPS) is 43.3. The number of rotatable bonds is 2. The average molecular weight is 204 g/mol. The monoisotopic (exact) mass is 204 g/mol. The van der Waals surface area contributed by atoms with Gasteiger partial charge in [0.1, 0.15) is 0 Å². The molecule has 0 spiro atoms. The van der Waals surface area contributed by atoms with Gasteiger partial charge in [-0.15, -0.1) is 0 Å². The molecular weight excluding hydrogens is 184 g/mol. The van der Waals surface area contributed by atoms with Gasteiger partial charge < -0.3 is 20.4 Å². The number of aliphatic hydroxyl groups excluding tert-OH is 3. The predicted octanol–water partition coefficient (Wildman–Crippen LogP) is -0.502. The molecule has 0 saturated heterocycles. The summed E-state index contributed by atoms with van der Waals surface area (Å²) in [5.41, 5.74) is -1.21. The maximum absolute atomic E-state index is 9.80. The first kappa shape index (κ1) is 11.9. The van der Waals surface area contributed by atoms with Gasteiger partial charge in [0.25, 0.3) is 0 Å². The summed E-state index contributed by atoms with van der Waals surface area (Å²) in [7, 11) is 0. The van der Waals surface area contributed by atoms with Crippen molar-refractivity contribution in [2.45, 2.75) is 44.5 Å². The van der Waals surface area contributed by atoms with Crippen molar-refractivity contribution in [2.75, 3.05) is 6.61 Å². The third-order valence-electron chi connectivity index (χ3n) is 3.47. The van der Waals surface area contributed by atoms with E-state index < -0.39 is 17.8 Å². The van der Waals surface area contributed by atoms with Crippen LogP contribution in [0.2, 0.25) is 0 Å². The smallest absolute Gasteiger partial charge is 0.0879 e. The molecule has 1 aliphatic rings. The van der Waals surface area contributed by atoms with E-state index in [1.54, 1.807) is 6.92 Å². The summed E-state index contributed by atoms with van der Waals surface area (Å²) >= 11 is 0. The van der Waals surface area contributed by atoms with Gasteiger partial charge in [-0.25, -0.2) is 0 Å². The fourth-order valence-electron chi connectivity index (χ4n) is 2.00. The minimum atomic E-state index is -1.21. The van der Waals surface area contributed by atoms with Crippen LogP contribution in [0.1, 0.15) is 26.7 Å². The maximum Gasteiger partial charge on any atom is 0.0879 e. The van der Waals surface area contributed by atoms with Crippen LogP contribution in [0, 0.1) is 11.8 Å². The van der Waals surface area contributed by atoms with Gasteiger partial charge in [0.2, 0.25) is 0 Å². The molecule has 2 unspecified atom stereocenters. The summed E-state index contributed by atoms with van der Waals surface area (Å²) in [6.07, 6.45) is -0.319. The van der Waals surface area contributed by atoms with E-state index in [9.17, 15) is 15.3 Å². The first-order valence-electron chi connectivity index (χ1n) is 5.08. The van der Waals surface area contributed by atoms with Crippen molar-refractivity contribution in [3.63, 3.8) is 0 Å². The highest BCUT2D eigenvalue weighted by atomic mass is 16.3. The fraction of sp³-hybridized carbons (Fsp3) is 1.00. The minimum absolute atomic E-state index is 0.152. The number of aliphatic hydroxyl groups is 4. The lowest BCUT2D eigenvalue weighted by molar-refractivity contribution is -0.115. The van der Waals surface area contributed by atoms with E-state index in [0.29, 0.717) is 12.8 Å². The van der Waals surface area contributed by atoms with Crippen LogP contribution in [-0.4, -0.2) is 44.8 Å². The van der Waals surface area contributed by atoms with Crippen LogP contribution < -0.4 is 0 Å². The van der Waals surface area contributed by atoms with Gasteiger partial charge >= 0.3 is 0 Å². The molecule has 0 aromatic carbocycles. The third kappa shape index (κ3) is 2.25. The molecule has 0 radical (unpaired) electrons. The van der Waals surface area contributed by atoms with Crippen molar-refractivity contribution < 1.29 is 20.4 Å². The van der Waals surface area contributed by atoms with Crippen molar-refractivity contribution >= 4 is 0 Å². The van der Waals surface area contributed by atoms with Crippen LogP contribution in [0.15, 0.2) is 0 Å². The minimum Gasteiger partial charge on any atom is -0.393 e. The molecule has 5 atom stereocenters. The Bertz CT molecular complexity index is 181. The third-order valence-corrected chi connectivity index (χ3v) is 3.47. The molecule has 4 N–H and O–H groups in total. The standard InChI is InChI=1S/C10H20O4/c1-6-8(12)3-7(4-9(6)13)10(2,14)5-11/h6-9,11-14H,3-5H2,1-2H3/t6?,7?,8-,9+,10-/m0/s1. The second kappa shape index (κ2) is 4.14. The van der Waals surface area contributed by atoms with Gasteiger partial charge in [-0.2, -0.15) is 0 Å². The molecule has 1 saturated carbocycles. The van der Waals surface area contributed by atoms with Gasteiger partial charge in [-0.05, 0) is 25.7 Å². The molecule has 14 heavy (non-hydrogen) atoms. The summed E-state index contributed by atoms with van der Waals surface area (Å²) in [6, 6.07) is 0. The van der Waals surface area contributed by atoms with Crippen molar-refractivity contribution in [3.05, 3.63) is 0 Å². The van der Waals surface area contributed by atoms with E-state index in [2.05, 4.69) is 0 Å². The maximum atomic E-state index is 9.80. The largest absolute Gasteiger partial charge is 0.393 e. The Morgan fingerprint density at radius 1 is 1.21 bits per heavy atom. The second-order valence-corrected chi connectivity index (χ2v) is 4.68. The second-order valence-electron chi connectivity index (χ2n) is 4.68. The van der Waals surface area contributed by atoms with E-state index in [-0.39, 0.29) is 18.4 Å². The Hall–Kier alpha value is -0.160. The van der Waals surface area contributed by atoms with E-state index in [1.807, 2.05) is 0 Å². The molecule has 84 valence electrons. The molecule has 4 nitrogen and oxygen atoms in total. The molecule has 0 aromatic heterocycles. The summed E-state index contributed by atoms with van der Waals surface area (Å²) in [6.45, 7) is 2.98. The first-order valence-corrected chi connectivity index (χ1v) is 5.08. The van der Waals surface area contributed by atoms with Crippen LogP contribution >= 0.6 is 0 Å². The highest BCUT2D eigenvalue weighted by molar-refractivity contribution is 4.92. The number of hydrogen-bond acceptors (Lipinski definition) is 4. The van der Waals surface area contributed by atoms with E-state index in [4.69, 9.17) is 5.11 Å². The Balaban J connectivity index is 2.66. The van der Waals surface area contributed by atoms with E-state index in [1.165, 1.54) is 6.92 Å². The zero-order valence-electron chi connectivity index (χ0n) is 8.72. The average Bonchev–Trinajstić information content (AvgIpc) is 2.13. The Kier molecular flexibility index (Phi) is 3.53. The Labute approximate surface area is 84.2 Å². The molecule has 1 aliphatic carbocycles. The van der Waals surface area contributed by atoms with Crippen LogP contribution in [-0.2, 0) is 0 Å². The van der Waals surface area contributed by atoms with Crippen molar-refractivity contribution in [1.29, 1.82) is 0 Å². The summed E-state index contributed by atoms with van der Waals surface area (Å²) in [5.74, 6) is -0.394. The first-order chi connectivity index (χ1) is 6.38. The van der Waals surface area contributed by atoms with E-state index in [0.717, 1.165) is 0 Å². The van der Waals surface area contributed by atoms with E-state index >= 15 is 0 Å². The topological polar surface area (TPSA) is 80.9 Å². The molecule has 0 heterocycles. The molecule has 0 aromatic rings. The lowest BCUT2D eigenvalue weighted by Gasteiger charge is -2.41. The zero-order valence-corrected chi connectivity index (χ0v) is 8.72. The molecule has 0 amide bonds. The SMILES string of the molecule is CC1[C@H](O)CC([C@@](C)(O)CO)C[C@@H]1O. The highest BCUT2D eigenvalue weighted by Gasteiger charge is 2.41. The highest BCUT2D eigenvalue weighted by Crippen LogP contribution is 2.35. The van der Waals surface area contributed by atoms with Gasteiger partial charge in [0.15, 0.2) is 0 Å². The van der Waals surface area contributed by atoms with Crippen LogP contribution in [0.5, 0.6) is 0 Å². The number of hydrogen-bond donors (Lipinski definition) is 4. The quantitative estimate of drug-likeness (QED) is 0.489. The van der Waals surface area contributed by atoms with Crippen molar-refractivity contribution in [2.24, 2.45) is 11.8 Å². The zero-order chi connectivity index (χ0) is 10.9. The summed E-state index contributed by atoms with van der Waals surface area (Å²) in [5, 5.41) is 38.0. The molecule has 0 aliphatic heterocycles. The van der Waals surface area contributed by atoms with Crippen LogP contribution in [0.3, 0.4) is 0 Å². The van der Waals surface area contributed by atoms with Crippen molar-refractivity contribution in [1.82, 2.24) is 0 Å². The molecule has 1 rings (SSSR count). The lowest BCUT2D eigenvalue weighted by Crippen LogP contribution is -2.48. The Morgan fingerprint density at radius 2 is 1.64 bits per heavy atom. The van der Waals surface area contributed by atoms with Gasteiger partial charge in [0.05, 0.1) is 24.4 Å². The predicted molar refractivity (Wildman–Crippen MR) is 51.6 cm³/mol. The Morgan fingerprint density at radius 3 is 2.00 bits per heavy atom. The molecule has 0 bridgehead atoms. The fourth-order valence-corrected chi connectivity index (χ4v) is 2.00. The van der Waals surface area contributed by atoms with Crippen molar-refractivity contribution in [3.8, 4) is 0 Å². The molecular formula is C10H20O4. The molecule has 4 heteroatoms. The van der Waals surface area contributed by atoms with Gasteiger partial charge in [-0.1, -0.05) is 6.92 Å². The molecule has 1 fully saturated rings. The van der Waals surface area contributed by atoms with Crippen LogP contribution in [0.4, 0.5) is 0 Å².